The van der Waals surface area contributed by atoms with Crippen molar-refractivity contribution in [3.63, 3.8) is 0 Å². The zero-order valence-electron chi connectivity index (χ0n) is 12.7. The minimum Gasteiger partial charge on any atom is -0.399 e. The molecule has 5 heteroatoms. The molecule has 0 bridgehead atoms. The zero-order valence-corrected chi connectivity index (χ0v) is 13.5. The fourth-order valence-corrected chi connectivity index (χ4v) is 2.94. The summed E-state index contributed by atoms with van der Waals surface area (Å²) >= 11 is 1.81. The lowest BCUT2D eigenvalue weighted by molar-refractivity contribution is -0.120. The van der Waals surface area contributed by atoms with Gasteiger partial charge in [-0.25, -0.2) is 0 Å². The molecular formula is C15H25N3OS. The number of rotatable bonds is 7. The molecular weight excluding hydrogens is 270 g/mol. The summed E-state index contributed by atoms with van der Waals surface area (Å²) < 4.78 is 0. The minimum absolute atomic E-state index is 0.00217. The Morgan fingerprint density at radius 2 is 2.20 bits per heavy atom. The van der Waals surface area contributed by atoms with Gasteiger partial charge in [0.05, 0.1) is 6.04 Å². The van der Waals surface area contributed by atoms with Crippen LogP contribution in [0.4, 0.5) is 11.4 Å². The van der Waals surface area contributed by atoms with Crippen molar-refractivity contribution < 1.29 is 4.79 Å². The first-order valence-corrected chi connectivity index (χ1v) is 8.26. The van der Waals surface area contributed by atoms with Gasteiger partial charge in [-0.15, -0.1) is 0 Å². The Balaban J connectivity index is 2.66. The summed E-state index contributed by atoms with van der Waals surface area (Å²) in [6.07, 6.45) is 3.13. The fourth-order valence-electron chi connectivity index (χ4n) is 2.08. The topological polar surface area (TPSA) is 58.4 Å². The SMILES string of the molecule is CCC(CSC)N(C)C(C)C(=O)Nc1cccc(N)c1. The van der Waals surface area contributed by atoms with Crippen LogP contribution in [0, 0.1) is 0 Å². The van der Waals surface area contributed by atoms with Crippen LogP contribution in [0.3, 0.4) is 0 Å². The van der Waals surface area contributed by atoms with Gasteiger partial charge in [-0.1, -0.05) is 13.0 Å². The first-order chi connectivity index (χ1) is 9.49. The van der Waals surface area contributed by atoms with Crippen LogP contribution in [0.25, 0.3) is 0 Å². The van der Waals surface area contributed by atoms with Gasteiger partial charge in [0.2, 0.25) is 5.91 Å². The highest BCUT2D eigenvalue weighted by atomic mass is 32.2. The number of carbonyl (C=O) groups is 1. The second-order valence-electron chi connectivity index (χ2n) is 4.97. The van der Waals surface area contributed by atoms with E-state index in [1.165, 1.54) is 0 Å². The molecule has 0 spiro atoms. The molecule has 0 saturated heterocycles. The van der Waals surface area contributed by atoms with E-state index >= 15 is 0 Å². The standard InChI is InChI=1S/C15H25N3OS/c1-5-14(10-20-4)18(3)11(2)15(19)17-13-8-6-7-12(16)9-13/h6-9,11,14H,5,10,16H2,1-4H3,(H,17,19). The molecule has 3 N–H and O–H groups in total. The molecule has 1 aromatic carbocycles. The van der Waals surface area contributed by atoms with E-state index in [-0.39, 0.29) is 11.9 Å². The fraction of sp³-hybridized carbons (Fsp3) is 0.533. The number of anilines is 2. The molecule has 4 nitrogen and oxygen atoms in total. The summed E-state index contributed by atoms with van der Waals surface area (Å²) in [5.74, 6) is 1.03. The molecule has 0 aromatic heterocycles. The summed E-state index contributed by atoms with van der Waals surface area (Å²) in [5.41, 5.74) is 7.11. The molecule has 20 heavy (non-hydrogen) atoms. The Hall–Kier alpha value is -1.20. The van der Waals surface area contributed by atoms with Gasteiger partial charge < -0.3 is 11.1 Å². The molecule has 0 fully saturated rings. The number of nitrogen functional groups attached to an aromatic ring is 1. The predicted molar refractivity (Wildman–Crippen MR) is 89.2 cm³/mol. The van der Waals surface area contributed by atoms with Crippen molar-refractivity contribution in [2.24, 2.45) is 0 Å². The highest BCUT2D eigenvalue weighted by Gasteiger charge is 2.23. The molecule has 2 atom stereocenters. The summed E-state index contributed by atoms with van der Waals surface area (Å²) in [5, 5.41) is 2.92. The lowest BCUT2D eigenvalue weighted by Gasteiger charge is -2.31. The number of thioether (sulfide) groups is 1. The van der Waals surface area contributed by atoms with Crippen molar-refractivity contribution in [3.8, 4) is 0 Å². The third-order valence-corrected chi connectivity index (χ3v) is 4.27. The van der Waals surface area contributed by atoms with E-state index < -0.39 is 0 Å². The molecule has 2 unspecified atom stereocenters. The van der Waals surface area contributed by atoms with Crippen LogP contribution in [0.5, 0.6) is 0 Å². The molecule has 0 saturated carbocycles. The molecule has 0 radical (unpaired) electrons. The number of nitrogens with zero attached hydrogens (tertiary/aromatic N) is 1. The van der Waals surface area contributed by atoms with Gasteiger partial charge in [-0.2, -0.15) is 11.8 Å². The molecule has 0 aliphatic carbocycles. The van der Waals surface area contributed by atoms with E-state index in [1.54, 1.807) is 12.1 Å². The number of nitrogens with two attached hydrogens (primary N) is 1. The van der Waals surface area contributed by atoms with E-state index in [1.807, 2.05) is 37.9 Å². The third-order valence-electron chi connectivity index (χ3n) is 3.55. The number of hydrogen-bond acceptors (Lipinski definition) is 4. The van der Waals surface area contributed by atoms with Gasteiger partial charge in [-0.3, -0.25) is 9.69 Å². The monoisotopic (exact) mass is 295 g/mol. The Labute approximate surface area is 126 Å². The van der Waals surface area contributed by atoms with Crippen LogP contribution >= 0.6 is 11.8 Å². The molecule has 0 heterocycles. The zero-order chi connectivity index (χ0) is 15.1. The van der Waals surface area contributed by atoms with Gasteiger partial charge in [0.25, 0.3) is 0 Å². The lowest BCUT2D eigenvalue weighted by Crippen LogP contribution is -2.46. The van der Waals surface area contributed by atoms with Gasteiger partial charge in [-0.05, 0) is 44.8 Å². The normalized spacial score (nSPS) is 14.1. The van der Waals surface area contributed by atoms with Crippen molar-refractivity contribution >= 4 is 29.0 Å². The molecule has 1 amide bonds. The molecule has 0 aliphatic rings. The van der Waals surface area contributed by atoms with Crippen LogP contribution in [-0.4, -0.2) is 41.9 Å². The second-order valence-corrected chi connectivity index (χ2v) is 5.88. The summed E-state index contributed by atoms with van der Waals surface area (Å²) in [4.78, 5) is 14.4. The Morgan fingerprint density at radius 3 is 2.75 bits per heavy atom. The first-order valence-electron chi connectivity index (χ1n) is 6.86. The van der Waals surface area contributed by atoms with Crippen LogP contribution in [-0.2, 0) is 4.79 Å². The predicted octanol–water partition coefficient (Wildman–Crippen LogP) is 2.67. The van der Waals surface area contributed by atoms with Crippen LogP contribution < -0.4 is 11.1 Å². The highest BCUT2D eigenvalue weighted by molar-refractivity contribution is 7.98. The van der Waals surface area contributed by atoms with E-state index in [0.29, 0.717) is 11.7 Å². The van der Waals surface area contributed by atoms with Crippen molar-refractivity contribution in [2.75, 3.05) is 30.1 Å². The van der Waals surface area contributed by atoms with E-state index in [0.717, 1.165) is 17.9 Å². The van der Waals surface area contributed by atoms with E-state index in [2.05, 4.69) is 23.4 Å². The van der Waals surface area contributed by atoms with Gasteiger partial charge in [0, 0.05) is 23.2 Å². The van der Waals surface area contributed by atoms with Crippen molar-refractivity contribution in [1.82, 2.24) is 4.90 Å². The number of amides is 1. The Bertz CT molecular complexity index is 439. The van der Waals surface area contributed by atoms with E-state index in [4.69, 9.17) is 5.73 Å². The summed E-state index contributed by atoms with van der Waals surface area (Å²) in [6.45, 7) is 4.09. The average molecular weight is 295 g/mol. The number of benzene rings is 1. The maximum Gasteiger partial charge on any atom is 0.241 e. The number of carbonyl (C=O) groups excluding carboxylic acids is 1. The number of nitrogens with one attached hydrogen (secondary N) is 1. The highest BCUT2D eigenvalue weighted by Crippen LogP contribution is 2.15. The van der Waals surface area contributed by atoms with E-state index in [9.17, 15) is 4.79 Å². The van der Waals surface area contributed by atoms with Crippen LogP contribution in [0.1, 0.15) is 20.3 Å². The van der Waals surface area contributed by atoms with Crippen LogP contribution in [0.2, 0.25) is 0 Å². The second kappa shape index (κ2) is 8.17. The van der Waals surface area contributed by atoms with Crippen LogP contribution in [0.15, 0.2) is 24.3 Å². The van der Waals surface area contributed by atoms with Crippen molar-refractivity contribution in [2.45, 2.75) is 32.4 Å². The molecule has 0 aliphatic heterocycles. The molecule has 1 rings (SSSR count). The Morgan fingerprint density at radius 1 is 1.50 bits per heavy atom. The minimum atomic E-state index is -0.173. The first kappa shape index (κ1) is 16.9. The summed E-state index contributed by atoms with van der Waals surface area (Å²) in [7, 11) is 2.01. The number of likely N-dealkylation sites (N-methyl/N-ethyl adjacent to an activating group) is 1. The molecule has 112 valence electrons. The maximum absolute atomic E-state index is 12.3. The number of hydrogen-bond donors (Lipinski definition) is 2. The third kappa shape index (κ3) is 4.72. The van der Waals surface area contributed by atoms with Crippen molar-refractivity contribution in [1.29, 1.82) is 0 Å². The van der Waals surface area contributed by atoms with Gasteiger partial charge in [0.1, 0.15) is 0 Å². The quantitative estimate of drug-likeness (QED) is 0.759. The largest absolute Gasteiger partial charge is 0.399 e. The maximum atomic E-state index is 12.3. The Kier molecular flexibility index (Phi) is 6.88. The van der Waals surface area contributed by atoms with Gasteiger partial charge in [0.15, 0.2) is 0 Å². The molecule has 1 aromatic rings. The average Bonchev–Trinajstić information content (AvgIpc) is 2.43. The smallest absolute Gasteiger partial charge is 0.241 e. The summed E-state index contributed by atoms with van der Waals surface area (Å²) in [6, 6.07) is 7.49. The van der Waals surface area contributed by atoms with Crippen molar-refractivity contribution in [3.05, 3.63) is 24.3 Å². The van der Waals surface area contributed by atoms with Gasteiger partial charge >= 0.3 is 0 Å². The lowest BCUT2D eigenvalue weighted by atomic mass is 10.1.